The maximum absolute atomic E-state index is 9.47. The number of primary amides is 1. The quantitative estimate of drug-likeness (QED) is 0.664. The summed E-state index contributed by atoms with van der Waals surface area (Å²) in [5, 5.41) is 4.77. The molecule has 0 saturated carbocycles. The van der Waals surface area contributed by atoms with E-state index in [9.17, 15) is 4.79 Å². The summed E-state index contributed by atoms with van der Waals surface area (Å²) in [4.78, 5) is 12.9. The molecule has 1 aliphatic heterocycles. The predicted octanol–water partition coefficient (Wildman–Crippen LogP) is 1.47. The predicted molar refractivity (Wildman–Crippen MR) is 73.1 cm³/mol. The molecule has 4 nitrogen and oxygen atoms in total. The van der Waals surface area contributed by atoms with Gasteiger partial charge >= 0.3 is 0 Å². The molecule has 1 aliphatic rings. The van der Waals surface area contributed by atoms with Crippen molar-refractivity contribution in [3.63, 3.8) is 0 Å². The Morgan fingerprint density at radius 1 is 1.39 bits per heavy atom. The van der Waals surface area contributed by atoms with E-state index in [-0.39, 0.29) is 0 Å². The van der Waals surface area contributed by atoms with E-state index in [4.69, 9.17) is 0 Å². The standard InChI is InChI=1S/C11H12N2.C3H5NO/c1-2-4-10-8(3-1)9-5-6-12-7-11(9)13-10;1-2-3(4)5/h1-4,12-13H,5-7H2;2H,1H2,(H2,4,5). The van der Waals surface area contributed by atoms with Gasteiger partial charge < -0.3 is 16.0 Å². The molecule has 0 radical (unpaired) electrons. The number of H-pyrrole nitrogens is 1. The largest absolute Gasteiger partial charge is 0.366 e. The van der Waals surface area contributed by atoms with Crippen LogP contribution in [-0.4, -0.2) is 17.4 Å². The molecule has 0 saturated heterocycles. The summed E-state index contributed by atoms with van der Waals surface area (Å²) in [5.41, 5.74) is 8.69. The molecule has 0 bridgehead atoms. The number of para-hydroxylation sites is 1. The lowest BCUT2D eigenvalue weighted by Crippen LogP contribution is -2.22. The van der Waals surface area contributed by atoms with Crippen molar-refractivity contribution in [2.75, 3.05) is 6.54 Å². The van der Waals surface area contributed by atoms with E-state index >= 15 is 0 Å². The molecule has 0 aliphatic carbocycles. The fourth-order valence-electron chi connectivity index (χ4n) is 2.12. The summed E-state index contributed by atoms with van der Waals surface area (Å²) in [6.07, 6.45) is 2.21. The van der Waals surface area contributed by atoms with Crippen molar-refractivity contribution in [2.24, 2.45) is 5.73 Å². The van der Waals surface area contributed by atoms with Crippen molar-refractivity contribution in [3.05, 3.63) is 48.2 Å². The first-order valence-electron chi connectivity index (χ1n) is 5.93. The zero-order valence-corrected chi connectivity index (χ0v) is 10.2. The van der Waals surface area contributed by atoms with Crippen molar-refractivity contribution >= 4 is 16.8 Å². The summed E-state index contributed by atoms with van der Waals surface area (Å²) in [6.45, 7) is 5.18. The summed E-state index contributed by atoms with van der Waals surface area (Å²) < 4.78 is 0. The van der Waals surface area contributed by atoms with Gasteiger partial charge in [0, 0.05) is 23.1 Å². The molecule has 4 heteroatoms. The molecule has 2 aromatic rings. The van der Waals surface area contributed by atoms with Crippen LogP contribution in [-0.2, 0) is 17.8 Å². The second-order valence-electron chi connectivity index (χ2n) is 4.16. The van der Waals surface area contributed by atoms with Gasteiger partial charge in [0.25, 0.3) is 0 Å². The number of nitrogens with two attached hydrogens (primary N) is 1. The summed E-state index contributed by atoms with van der Waals surface area (Å²) >= 11 is 0. The van der Waals surface area contributed by atoms with Crippen LogP contribution in [0.15, 0.2) is 36.9 Å². The van der Waals surface area contributed by atoms with Crippen LogP contribution in [0, 0.1) is 0 Å². The number of aromatic amines is 1. The van der Waals surface area contributed by atoms with Gasteiger partial charge in [0.05, 0.1) is 0 Å². The van der Waals surface area contributed by atoms with Gasteiger partial charge in [-0.3, -0.25) is 4.79 Å². The number of nitrogens with one attached hydrogen (secondary N) is 2. The number of hydrogen-bond donors (Lipinski definition) is 3. The molecule has 0 atom stereocenters. The number of amides is 1. The third kappa shape index (κ3) is 2.60. The highest BCUT2D eigenvalue weighted by molar-refractivity contribution is 5.85. The van der Waals surface area contributed by atoms with Crippen LogP contribution in [0.3, 0.4) is 0 Å². The Hall–Kier alpha value is -2.07. The van der Waals surface area contributed by atoms with Crippen molar-refractivity contribution in [1.82, 2.24) is 10.3 Å². The van der Waals surface area contributed by atoms with Gasteiger partial charge in [0.2, 0.25) is 5.91 Å². The van der Waals surface area contributed by atoms with E-state index in [1.54, 1.807) is 0 Å². The smallest absolute Gasteiger partial charge is 0.240 e. The highest BCUT2D eigenvalue weighted by atomic mass is 16.1. The van der Waals surface area contributed by atoms with E-state index in [2.05, 4.69) is 46.9 Å². The average molecular weight is 243 g/mol. The first-order chi connectivity index (χ1) is 8.72. The van der Waals surface area contributed by atoms with E-state index in [1.807, 2.05) is 0 Å². The molecular formula is C14H17N3O. The Morgan fingerprint density at radius 3 is 2.83 bits per heavy atom. The van der Waals surface area contributed by atoms with Crippen molar-refractivity contribution in [2.45, 2.75) is 13.0 Å². The lowest BCUT2D eigenvalue weighted by Gasteiger charge is -2.12. The number of carbonyl (C=O) groups is 1. The number of hydrogen-bond acceptors (Lipinski definition) is 2. The van der Waals surface area contributed by atoms with Crippen LogP contribution in [0.5, 0.6) is 0 Å². The minimum atomic E-state index is -0.481. The highest BCUT2D eigenvalue weighted by Crippen LogP contribution is 2.24. The van der Waals surface area contributed by atoms with E-state index in [0.29, 0.717) is 0 Å². The van der Waals surface area contributed by atoms with Crippen LogP contribution < -0.4 is 11.1 Å². The van der Waals surface area contributed by atoms with Crippen LogP contribution in [0.25, 0.3) is 10.9 Å². The molecule has 1 amide bonds. The summed E-state index contributed by atoms with van der Waals surface area (Å²) in [7, 11) is 0. The lowest BCUT2D eigenvalue weighted by molar-refractivity contribution is -0.113. The Bertz CT molecular complexity index is 571. The normalized spacial score (nSPS) is 13.3. The monoisotopic (exact) mass is 243 g/mol. The SMILES string of the molecule is C=CC(N)=O.c1ccc2c3c([nH]c2c1)CNCC3. The third-order valence-corrected chi connectivity index (χ3v) is 2.96. The first kappa shape index (κ1) is 12.4. The highest BCUT2D eigenvalue weighted by Gasteiger charge is 2.13. The molecule has 3 rings (SSSR count). The molecule has 0 spiro atoms. The Balaban J connectivity index is 0.000000209. The second-order valence-corrected chi connectivity index (χ2v) is 4.16. The average Bonchev–Trinajstić information content (AvgIpc) is 2.78. The second kappa shape index (κ2) is 5.51. The van der Waals surface area contributed by atoms with Crippen molar-refractivity contribution in [1.29, 1.82) is 0 Å². The van der Waals surface area contributed by atoms with Gasteiger partial charge in [-0.15, -0.1) is 0 Å². The first-order valence-corrected chi connectivity index (χ1v) is 5.93. The molecule has 0 unspecified atom stereocenters. The van der Waals surface area contributed by atoms with Gasteiger partial charge in [-0.05, 0) is 30.7 Å². The summed E-state index contributed by atoms with van der Waals surface area (Å²) in [5.74, 6) is -0.481. The van der Waals surface area contributed by atoms with Gasteiger partial charge in [-0.25, -0.2) is 0 Å². The lowest BCUT2D eigenvalue weighted by atomic mass is 10.1. The number of rotatable bonds is 1. The fraction of sp³-hybridized carbons (Fsp3) is 0.214. The van der Waals surface area contributed by atoms with E-state index in [1.165, 1.54) is 22.2 Å². The van der Waals surface area contributed by atoms with Crippen molar-refractivity contribution in [3.8, 4) is 0 Å². The molecule has 2 heterocycles. The summed E-state index contributed by atoms with van der Waals surface area (Å²) in [6, 6.07) is 8.54. The van der Waals surface area contributed by atoms with Gasteiger partial charge in [-0.1, -0.05) is 24.8 Å². The van der Waals surface area contributed by atoms with Crippen LogP contribution in [0.1, 0.15) is 11.3 Å². The molecule has 4 N–H and O–H groups in total. The van der Waals surface area contributed by atoms with E-state index in [0.717, 1.165) is 25.6 Å². The topological polar surface area (TPSA) is 70.9 Å². The molecule has 0 fully saturated rings. The zero-order valence-electron chi connectivity index (χ0n) is 10.2. The third-order valence-electron chi connectivity index (χ3n) is 2.96. The zero-order chi connectivity index (χ0) is 13.0. The fourth-order valence-corrected chi connectivity index (χ4v) is 2.12. The maximum atomic E-state index is 9.47. The number of aromatic nitrogens is 1. The minimum absolute atomic E-state index is 0.481. The minimum Gasteiger partial charge on any atom is -0.366 e. The Morgan fingerprint density at radius 2 is 2.11 bits per heavy atom. The molecule has 1 aromatic heterocycles. The molecule has 1 aromatic carbocycles. The van der Waals surface area contributed by atoms with Crippen LogP contribution in [0.4, 0.5) is 0 Å². The van der Waals surface area contributed by atoms with Gasteiger partial charge in [0.15, 0.2) is 0 Å². The number of benzene rings is 1. The molecule has 94 valence electrons. The van der Waals surface area contributed by atoms with Gasteiger partial charge in [0.1, 0.15) is 0 Å². The molecular weight excluding hydrogens is 226 g/mol. The maximum Gasteiger partial charge on any atom is 0.240 e. The van der Waals surface area contributed by atoms with Crippen LogP contribution in [0.2, 0.25) is 0 Å². The number of fused-ring (bicyclic) bond motifs is 3. The van der Waals surface area contributed by atoms with Crippen molar-refractivity contribution < 1.29 is 4.79 Å². The Kier molecular flexibility index (Phi) is 3.79. The number of carbonyl (C=O) groups excluding carboxylic acids is 1. The molecule has 18 heavy (non-hydrogen) atoms. The Labute approximate surface area is 106 Å². The van der Waals surface area contributed by atoms with Crippen LogP contribution >= 0.6 is 0 Å². The van der Waals surface area contributed by atoms with E-state index < -0.39 is 5.91 Å². The van der Waals surface area contributed by atoms with Gasteiger partial charge in [-0.2, -0.15) is 0 Å².